The highest BCUT2D eigenvalue weighted by Gasteiger charge is 2.39. The zero-order valence-electron chi connectivity index (χ0n) is 8.25. The maximum Gasteiger partial charge on any atom is 0.0408 e. The summed E-state index contributed by atoms with van der Waals surface area (Å²) in [7, 11) is 0. The molecule has 3 rings (SSSR count). The number of rotatable bonds is 1. The summed E-state index contributed by atoms with van der Waals surface area (Å²) < 4.78 is 0. The van der Waals surface area contributed by atoms with Gasteiger partial charge in [-0.25, -0.2) is 0 Å². The Labute approximate surface area is 90.3 Å². The first-order chi connectivity index (χ1) is 6.83. The minimum absolute atomic E-state index is 0.812. The number of fused-ring (bicyclic) bond motifs is 2. The summed E-state index contributed by atoms with van der Waals surface area (Å²) >= 11 is 6.03. The Kier molecular flexibility index (Phi) is 2.05. The van der Waals surface area contributed by atoms with Crippen molar-refractivity contribution in [3.8, 4) is 0 Å². The van der Waals surface area contributed by atoms with Gasteiger partial charge in [-0.3, -0.25) is 0 Å². The van der Waals surface area contributed by atoms with Gasteiger partial charge in [-0.1, -0.05) is 30.2 Å². The molecule has 14 heavy (non-hydrogen) atoms. The van der Waals surface area contributed by atoms with Crippen LogP contribution in [0.2, 0.25) is 5.02 Å². The van der Waals surface area contributed by atoms with Crippen LogP contribution in [0, 0.1) is 11.8 Å². The number of benzene rings is 1. The second kappa shape index (κ2) is 3.27. The predicted molar refractivity (Wildman–Crippen MR) is 59.6 cm³/mol. The molecular formula is C13H15Cl. The van der Waals surface area contributed by atoms with Crippen LogP contribution in [0.15, 0.2) is 24.3 Å². The fourth-order valence-electron chi connectivity index (χ4n) is 3.39. The van der Waals surface area contributed by atoms with Crippen molar-refractivity contribution < 1.29 is 0 Å². The van der Waals surface area contributed by atoms with Gasteiger partial charge >= 0.3 is 0 Å². The Morgan fingerprint density at radius 1 is 1.14 bits per heavy atom. The van der Waals surface area contributed by atoms with Gasteiger partial charge in [-0.2, -0.15) is 0 Å². The molecule has 0 aliphatic heterocycles. The SMILES string of the molecule is Clc1cccc([C@@H]2C[C@H]3CC[C@@H]2C3)c1. The smallest absolute Gasteiger partial charge is 0.0408 e. The maximum absolute atomic E-state index is 6.03. The summed E-state index contributed by atoms with van der Waals surface area (Å²) in [4.78, 5) is 0. The molecule has 2 saturated carbocycles. The zero-order chi connectivity index (χ0) is 9.54. The van der Waals surface area contributed by atoms with Crippen LogP contribution < -0.4 is 0 Å². The molecule has 0 nitrogen and oxygen atoms in total. The van der Waals surface area contributed by atoms with Crippen molar-refractivity contribution in [1.82, 2.24) is 0 Å². The Bertz CT molecular complexity index is 345. The monoisotopic (exact) mass is 206 g/mol. The number of halogens is 1. The quantitative estimate of drug-likeness (QED) is 0.645. The Hall–Kier alpha value is -0.490. The summed E-state index contributed by atoms with van der Waals surface area (Å²) in [5.41, 5.74) is 1.48. The van der Waals surface area contributed by atoms with Gasteiger partial charge in [0.15, 0.2) is 0 Å². The van der Waals surface area contributed by atoms with Crippen molar-refractivity contribution in [1.29, 1.82) is 0 Å². The molecule has 74 valence electrons. The van der Waals surface area contributed by atoms with E-state index in [1.807, 2.05) is 6.07 Å². The van der Waals surface area contributed by atoms with E-state index in [-0.39, 0.29) is 0 Å². The first kappa shape index (κ1) is 8.79. The zero-order valence-corrected chi connectivity index (χ0v) is 9.00. The average molecular weight is 207 g/mol. The lowest BCUT2D eigenvalue weighted by Gasteiger charge is -2.22. The molecule has 0 amide bonds. The van der Waals surface area contributed by atoms with Crippen LogP contribution in [0.25, 0.3) is 0 Å². The Morgan fingerprint density at radius 2 is 2.07 bits per heavy atom. The first-order valence-electron chi connectivity index (χ1n) is 5.58. The van der Waals surface area contributed by atoms with Gasteiger partial charge in [0.25, 0.3) is 0 Å². The molecule has 1 aromatic carbocycles. The summed E-state index contributed by atoms with van der Waals surface area (Å²) in [6.45, 7) is 0. The summed E-state index contributed by atoms with van der Waals surface area (Å²) in [5, 5.41) is 0.894. The van der Waals surface area contributed by atoms with Crippen molar-refractivity contribution in [3.05, 3.63) is 34.9 Å². The van der Waals surface area contributed by atoms with Crippen LogP contribution in [-0.2, 0) is 0 Å². The molecule has 1 heteroatoms. The van der Waals surface area contributed by atoms with Crippen LogP contribution in [0.1, 0.15) is 37.2 Å². The summed E-state index contributed by atoms with van der Waals surface area (Å²) in [5.74, 6) is 2.79. The molecule has 0 radical (unpaired) electrons. The van der Waals surface area contributed by atoms with Crippen LogP contribution in [0.5, 0.6) is 0 Å². The standard InChI is InChI=1S/C13H15Cl/c14-12-3-1-2-10(8-12)13-7-9-4-5-11(13)6-9/h1-3,8-9,11,13H,4-7H2/t9-,11+,13-/m0/s1. The van der Waals surface area contributed by atoms with E-state index in [1.54, 1.807) is 0 Å². The molecule has 1 aromatic rings. The van der Waals surface area contributed by atoms with Crippen LogP contribution in [0.3, 0.4) is 0 Å². The van der Waals surface area contributed by atoms with E-state index in [2.05, 4.69) is 18.2 Å². The van der Waals surface area contributed by atoms with Crippen molar-refractivity contribution in [3.63, 3.8) is 0 Å². The highest BCUT2D eigenvalue weighted by molar-refractivity contribution is 6.30. The molecule has 3 atom stereocenters. The Morgan fingerprint density at radius 3 is 2.71 bits per heavy atom. The molecule has 0 heterocycles. The van der Waals surface area contributed by atoms with E-state index < -0.39 is 0 Å². The molecule has 2 fully saturated rings. The molecule has 0 N–H and O–H groups in total. The van der Waals surface area contributed by atoms with Gasteiger partial charge in [0.05, 0.1) is 0 Å². The van der Waals surface area contributed by atoms with E-state index in [1.165, 1.54) is 31.2 Å². The number of hydrogen-bond acceptors (Lipinski definition) is 0. The van der Waals surface area contributed by atoms with E-state index in [0.717, 1.165) is 22.8 Å². The third-order valence-corrected chi connectivity index (χ3v) is 4.25. The first-order valence-corrected chi connectivity index (χ1v) is 5.96. The highest BCUT2D eigenvalue weighted by Crippen LogP contribution is 2.52. The van der Waals surface area contributed by atoms with Crippen molar-refractivity contribution in [2.75, 3.05) is 0 Å². The van der Waals surface area contributed by atoms with Crippen molar-refractivity contribution >= 4 is 11.6 Å². The van der Waals surface area contributed by atoms with E-state index >= 15 is 0 Å². The fourth-order valence-corrected chi connectivity index (χ4v) is 3.59. The van der Waals surface area contributed by atoms with Gasteiger partial charge in [-0.15, -0.1) is 0 Å². The topological polar surface area (TPSA) is 0 Å². The normalized spacial score (nSPS) is 35.1. The van der Waals surface area contributed by atoms with Crippen LogP contribution in [-0.4, -0.2) is 0 Å². The van der Waals surface area contributed by atoms with Gasteiger partial charge in [0.1, 0.15) is 0 Å². The lowest BCUT2D eigenvalue weighted by Crippen LogP contribution is -2.08. The average Bonchev–Trinajstić information content (AvgIpc) is 2.78. The molecule has 2 bridgehead atoms. The lowest BCUT2D eigenvalue weighted by molar-refractivity contribution is 0.420. The van der Waals surface area contributed by atoms with Crippen molar-refractivity contribution in [2.45, 2.75) is 31.6 Å². The molecular weight excluding hydrogens is 192 g/mol. The minimum atomic E-state index is 0.812. The fraction of sp³-hybridized carbons (Fsp3) is 0.538. The maximum atomic E-state index is 6.03. The van der Waals surface area contributed by atoms with Gasteiger partial charge in [-0.05, 0) is 54.7 Å². The van der Waals surface area contributed by atoms with Gasteiger partial charge < -0.3 is 0 Å². The summed E-state index contributed by atoms with van der Waals surface area (Å²) in [6, 6.07) is 8.46. The van der Waals surface area contributed by atoms with Crippen molar-refractivity contribution in [2.24, 2.45) is 11.8 Å². The lowest BCUT2D eigenvalue weighted by atomic mass is 9.83. The molecule has 0 aromatic heterocycles. The largest absolute Gasteiger partial charge is 0.0843 e. The minimum Gasteiger partial charge on any atom is -0.0843 e. The van der Waals surface area contributed by atoms with E-state index in [9.17, 15) is 0 Å². The van der Waals surface area contributed by atoms with E-state index in [4.69, 9.17) is 11.6 Å². The van der Waals surface area contributed by atoms with E-state index in [0.29, 0.717) is 0 Å². The van der Waals surface area contributed by atoms with Gasteiger partial charge in [0.2, 0.25) is 0 Å². The molecule has 2 aliphatic carbocycles. The van der Waals surface area contributed by atoms with Crippen LogP contribution in [0.4, 0.5) is 0 Å². The summed E-state index contributed by atoms with van der Waals surface area (Å²) in [6.07, 6.45) is 5.80. The van der Waals surface area contributed by atoms with Gasteiger partial charge in [0, 0.05) is 5.02 Å². The molecule has 2 aliphatic rings. The number of hydrogen-bond donors (Lipinski definition) is 0. The third-order valence-electron chi connectivity index (χ3n) is 4.01. The van der Waals surface area contributed by atoms with Crippen LogP contribution >= 0.6 is 11.6 Å². The molecule has 0 spiro atoms. The highest BCUT2D eigenvalue weighted by atomic mass is 35.5. The second-order valence-electron chi connectivity index (χ2n) is 4.84. The Balaban J connectivity index is 1.89. The second-order valence-corrected chi connectivity index (χ2v) is 5.27. The predicted octanol–water partition coefficient (Wildman–Crippen LogP) is 4.24. The molecule has 0 unspecified atom stereocenters. The molecule has 0 saturated heterocycles. The third kappa shape index (κ3) is 1.37.